The number of carboxylic acid groups (broad SMARTS) is 2. The van der Waals surface area contributed by atoms with Crippen molar-refractivity contribution in [3.05, 3.63) is 11.6 Å². The van der Waals surface area contributed by atoms with E-state index in [0.29, 0.717) is 6.42 Å². The Bertz CT molecular complexity index is 247. The fraction of sp³-hybridized carbons (Fsp3) is 0.500. The highest BCUT2D eigenvalue weighted by atomic mass is 16.4. The van der Waals surface area contributed by atoms with Crippen LogP contribution in [0.2, 0.25) is 0 Å². The summed E-state index contributed by atoms with van der Waals surface area (Å²) in [5, 5.41) is 17.4. The van der Waals surface area contributed by atoms with Gasteiger partial charge in [0.1, 0.15) is 6.04 Å². The Hall–Kier alpha value is -1.52. The molecule has 1 atom stereocenters. The Balaban J connectivity index is 2.83. The number of carboxylic acids is 1. The van der Waals surface area contributed by atoms with Gasteiger partial charge in [0.25, 0.3) is 0 Å². The predicted octanol–water partition coefficient (Wildman–Crippen LogP) is 0.770. The second-order valence-corrected chi connectivity index (χ2v) is 2.92. The average Bonchev–Trinajstić information content (AvgIpc) is 2.47. The van der Waals surface area contributed by atoms with Gasteiger partial charge in [-0.2, -0.15) is 0 Å². The highest BCUT2D eigenvalue weighted by Crippen LogP contribution is 2.22. The second-order valence-electron chi connectivity index (χ2n) is 2.92. The Morgan fingerprint density at radius 3 is 2.46 bits per heavy atom. The van der Waals surface area contributed by atoms with Crippen LogP contribution in [0.1, 0.15) is 13.3 Å². The van der Waals surface area contributed by atoms with Gasteiger partial charge < -0.3 is 10.2 Å². The fourth-order valence-electron chi connectivity index (χ4n) is 1.38. The van der Waals surface area contributed by atoms with Crippen LogP contribution in [0.4, 0.5) is 4.79 Å². The van der Waals surface area contributed by atoms with Gasteiger partial charge in [-0.25, -0.2) is 9.59 Å². The topological polar surface area (TPSA) is 77.8 Å². The summed E-state index contributed by atoms with van der Waals surface area (Å²) in [6.07, 6.45) is 0.890. The fourth-order valence-corrected chi connectivity index (χ4v) is 1.38. The van der Waals surface area contributed by atoms with Crippen LogP contribution in [-0.2, 0) is 4.79 Å². The van der Waals surface area contributed by atoms with E-state index in [4.69, 9.17) is 10.2 Å². The van der Waals surface area contributed by atoms with Crippen LogP contribution in [0, 0.1) is 0 Å². The first kappa shape index (κ1) is 9.57. The number of aliphatic carboxylic acids is 1. The summed E-state index contributed by atoms with van der Waals surface area (Å²) in [7, 11) is 0. The first-order valence-corrected chi connectivity index (χ1v) is 3.92. The molecule has 72 valence electrons. The van der Waals surface area contributed by atoms with Crippen LogP contribution in [0.15, 0.2) is 11.6 Å². The van der Waals surface area contributed by atoms with Gasteiger partial charge in [-0.3, -0.25) is 4.90 Å². The summed E-state index contributed by atoms with van der Waals surface area (Å²) in [6, 6.07) is -0.913. The molecule has 0 aromatic carbocycles. The van der Waals surface area contributed by atoms with E-state index in [9.17, 15) is 9.59 Å². The van der Waals surface area contributed by atoms with Crippen LogP contribution in [0.25, 0.3) is 0 Å². The minimum atomic E-state index is -1.18. The lowest BCUT2D eigenvalue weighted by atomic mass is 10.1. The molecule has 1 saturated heterocycles. The summed E-state index contributed by atoms with van der Waals surface area (Å²) in [5.74, 6) is -1.08. The lowest BCUT2D eigenvalue weighted by molar-refractivity contribution is -0.141. The molecule has 1 aliphatic heterocycles. The first-order valence-electron chi connectivity index (χ1n) is 3.92. The number of rotatable bonds is 1. The molecule has 1 fully saturated rings. The number of likely N-dealkylation sites (tertiary alicyclic amines) is 1. The molecule has 0 aromatic heterocycles. The maximum absolute atomic E-state index is 10.6. The zero-order chi connectivity index (χ0) is 10.0. The van der Waals surface area contributed by atoms with Crippen molar-refractivity contribution in [2.75, 3.05) is 6.54 Å². The van der Waals surface area contributed by atoms with Crippen LogP contribution >= 0.6 is 0 Å². The SMILES string of the molecule is CC=C1CC(C(=O)O)N(C(=O)O)C1. The Kier molecular flexibility index (Phi) is 2.55. The Morgan fingerprint density at radius 1 is 1.54 bits per heavy atom. The van der Waals surface area contributed by atoms with Gasteiger partial charge >= 0.3 is 12.1 Å². The quantitative estimate of drug-likeness (QED) is 0.591. The van der Waals surface area contributed by atoms with Crippen LogP contribution in [0.3, 0.4) is 0 Å². The number of amides is 1. The monoisotopic (exact) mass is 185 g/mol. The van der Waals surface area contributed by atoms with E-state index in [1.165, 1.54) is 0 Å². The van der Waals surface area contributed by atoms with Gasteiger partial charge in [0.15, 0.2) is 0 Å². The van der Waals surface area contributed by atoms with E-state index < -0.39 is 18.1 Å². The predicted molar refractivity (Wildman–Crippen MR) is 44.5 cm³/mol. The van der Waals surface area contributed by atoms with Crippen molar-refractivity contribution < 1.29 is 19.8 Å². The molecule has 0 bridgehead atoms. The third-order valence-corrected chi connectivity index (χ3v) is 2.14. The van der Waals surface area contributed by atoms with E-state index in [1.54, 1.807) is 13.0 Å². The highest BCUT2D eigenvalue weighted by Gasteiger charge is 2.36. The van der Waals surface area contributed by atoms with Crippen LogP contribution in [-0.4, -0.2) is 39.8 Å². The van der Waals surface area contributed by atoms with Gasteiger partial charge in [-0.1, -0.05) is 11.6 Å². The lowest BCUT2D eigenvalue weighted by Crippen LogP contribution is -2.39. The van der Waals surface area contributed by atoms with Crippen molar-refractivity contribution in [2.45, 2.75) is 19.4 Å². The van der Waals surface area contributed by atoms with Gasteiger partial charge in [-0.05, 0) is 6.92 Å². The van der Waals surface area contributed by atoms with Gasteiger partial charge in [-0.15, -0.1) is 0 Å². The number of hydrogen-bond donors (Lipinski definition) is 2. The van der Waals surface area contributed by atoms with Crippen molar-refractivity contribution in [2.24, 2.45) is 0 Å². The molecular formula is C8H11NO4. The van der Waals surface area contributed by atoms with Gasteiger partial charge in [0.2, 0.25) is 0 Å². The van der Waals surface area contributed by atoms with E-state index in [0.717, 1.165) is 10.5 Å². The summed E-state index contributed by atoms with van der Waals surface area (Å²) in [5.41, 5.74) is 0.856. The van der Waals surface area contributed by atoms with Crippen molar-refractivity contribution in [3.8, 4) is 0 Å². The highest BCUT2D eigenvalue weighted by molar-refractivity contribution is 5.81. The number of carbonyl (C=O) groups is 2. The molecular weight excluding hydrogens is 174 g/mol. The molecule has 1 unspecified atom stereocenters. The van der Waals surface area contributed by atoms with Crippen molar-refractivity contribution in [1.82, 2.24) is 4.90 Å². The standard InChI is InChI=1S/C8H11NO4/c1-2-5-3-6(7(10)11)9(4-5)8(12)13/h2,6H,3-4H2,1H3,(H,10,11)(H,12,13). The summed E-state index contributed by atoms with van der Waals surface area (Å²) in [6.45, 7) is 1.99. The minimum Gasteiger partial charge on any atom is -0.480 e. The molecule has 1 amide bonds. The first-order chi connectivity index (χ1) is 6.06. The van der Waals surface area contributed by atoms with Crippen LogP contribution < -0.4 is 0 Å². The van der Waals surface area contributed by atoms with Crippen molar-refractivity contribution >= 4 is 12.1 Å². The van der Waals surface area contributed by atoms with E-state index in [2.05, 4.69) is 0 Å². The number of allylic oxidation sites excluding steroid dienone is 1. The smallest absolute Gasteiger partial charge is 0.408 e. The summed E-state index contributed by atoms with van der Waals surface area (Å²) < 4.78 is 0. The summed E-state index contributed by atoms with van der Waals surface area (Å²) >= 11 is 0. The normalized spacial score (nSPS) is 25.2. The molecule has 0 aromatic rings. The Labute approximate surface area is 75.3 Å². The molecule has 1 aliphatic rings. The average molecular weight is 185 g/mol. The van der Waals surface area contributed by atoms with Crippen LogP contribution in [0.5, 0.6) is 0 Å². The van der Waals surface area contributed by atoms with E-state index in [-0.39, 0.29) is 6.54 Å². The minimum absolute atomic E-state index is 0.211. The number of hydrogen-bond acceptors (Lipinski definition) is 2. The third-order valence-electron chi connectivity index (χ3n) is 2.14. The molecule has 5 nitrogen and oxygen atoms in total. The molecule has 0 saturated carbocycles. The lowest BCUT2D eigenvalue weighted by Gasteiger charge is -2.16. The molecule has 2 N–H and O–H groups in total. The zero-order valence-corrected chi connectivity index (χ0v) is 7.23. The second kappa shape index (κ2) is 3.47. The van der Waals surface area contributed by atoms with Crippen molar-refractivity contribution in [3.63, 3.8) is 0 Å². The summed E-state index contributed by atoms with van der Waals surface area (Å²) in [4.78, 5) is 22.2. The zero-order valence-electron chi connectivity index (χ0n) is 7.23. The third kappa shape index (κ3) is 1.80. The maximum Gasteiger partial charge on any atom is 0.408 e. The largest absolute Gasteiger partial charge is 0.480 e. The molecule has 1 heterocycles. The molecule has 13 heavy (non-hydrogen) atoms. The molecule has 1 rings (SSSR count). The maximum atomic E-state index is 10.6. The molecule has 0 radical (unpaired) electrons. The number of nitrogens with zero attached hydrogens (tertiary/aromatic N) is 1. The van der Waals surface area contributed by atoms with E-state index in [1.807, 2.05) is 0 Å². The molecule has 5 heteroatoms. The van der Waals surface area contributed by atoms with Gasteiger partial charge in [0, 0.05) is 13.0 Å². The van der Waals surface area contributed by atoms with Crippen molar-refractivity contribution in [1.29, 1.82) is 0 Å². The Morgan fingerprint density at radius 2 is 2.15 bits per heavy atom. The van der Waals surface area contributed by atoms with E-state index >= 15 is 0 Å². The molecule has 0 aliphatic carbocycles. The molecule has 0 spiro atoms. The van der Waals surface area contributed by atoms with Gasteiger partial charge in [0.05, 0.1) is 0 Å².